The van der Waals surface area contributed by atoms with Gasteiger partial charge in [0.15, 0.2) is 0 Å². The molecule has 1 unspecified atom stereocenters. The van der Waals surface area contributed by atoms with Gasteiger partial charge in [0.2, 0.25) is 0 Å². The number of rotatable bonds is 1. The van der Waals surface area contributed by atoms with Crippen LogP contribution in [0.2, 0.25) is 0 Å². The predicted octanol–water partition coefficient (Wildman–Crippen LogP) is 1.67. The molecule has 2 saturated heterocycles. The third-order valence-electron chi connectivity index (χ3n) is 3.71. The molecule has 6 nitrogen and oxygen atoms in total. The molecule has 0 N–H and O–H groups in total. The molecular formula is C14H20N4O2. The maximum atomic E-state index is 12.2. The third kappa shape index (κ3) is 2.42. The van der Waals surface area contributed by atoms with Crippen LogP contribution in [-0.2, 0) is 4.74 Å². The number of carbonyl (C=O) groups is 1. The molecule has 0 aromatic carbocycles. The number of amides is 1. The quantitative estimate of drug-likeness (QED) is 0.781. The van der Waals surface area contributed by atoms with Gasteiger partial charge in [0.1, 0.15) is 11.4 Å². The van der Waals surface area contributed by atoms with Crippen molar-refractivity contribution in [2.45, 2.75) is 44.9 Å². The van der Waals surface area contributed by atoms with Crippen LogP contribution < -0.4 is 4.90 Å². The van der Waals surface area contributed by atoms with Gasteiger partial charge in [-0.05, 0) is 27.2 Å². The van der Waals surface area contributed by atoms with Gasteiger partial charge >= 0.3 is 6.09 Å². The lowest BCUT2D eigenvalue weighted by Crippen LogP contribution is -2.50. The number of piperazine rings is 1. The van der Waals surface area contributed by atoms with Crippen molar-refractivity contribution < 1.29 is 9.53 Å². The number of hydrogen-bond donors (Lipinski definition) is 0. The van der Waals surface area contributed by atoms with Crippen LogP contribution in [0.15, 0.2) is 18.6 Å². The van der Waals surface area contributed by atoms with Crippen LogP contribution in [0.3, 0.4) is 0 Å². The zero-order valence-corrected chi connectivity index (χ0v) is 12.1. The van der Waals surface area contributed by atoms with E-state index < -0.39 is 5.60 Å². The number of carbonyl (C=O) groups excluding carboxylic acids is 1. The lowest BCUT2D eigenvalue weighted by Gasteiger charge is -2.35. The molecule has 2 fully saturated rings. The molecule has 3 rings (SSSR count). The molecule has 108 valence electrons. The lowest BCUT2D eigenvalue weighted by molar-refractivity contribution is 0.0214. The number of likely N-dealkylation sites (tertiary alicyclic amines) is 1. The minimum Gasteiger partial charge on any atom is -0.444 e. The van der Waals surface area contributed by atoms with E-state index in [2.05, 4.69) is 14.9 Å². The molecule has 1 aromatic rings. The SMILES string of the molecule is CC(C)(C)OC(=O)N1CC2C[C@@H]1CN2c1cnccn1. The minimum absolute atomic E-state index is 0.205. The molecular weight excluding hydrogens is 256 g/mol. The minimum atomic E-state index is -0.441. The first kappa shape index (κ1) is 13.1. The summed E-state index contributed by atoms with van der Waals surface area (Å²) >= 11 is 0. The second-order valence-electron chi connectivity index (χ2n) is 6.39. The molecule has 2 bridgehead atoms. The number of ether oxygens (including phenoxy) is 1. The molecule has 0 saturated carbocycles. The van der Waals surface area contributed by atoms with Crippen molar-refractivity contribution in [1.82, 2.24) is 14.9 Å². The Morgan fingerprint density at radius 3 is 2.65 bits per heavy atom. The lowest BCUT2D eigenvalue weighted by atomic mass is 10.2. The van der Waals surface area contributed by atoms with Crippen LogP contribution in [0.25, 0.3) is 0 Å². The molecule has 1 aromatic heterocycles. The van der Waals surface area contributed by atoms with Crippen molar-refractivity contribution in [3.8, 4) is 0 Å². The monoisotopic (exact) mass is 276 g/mol. The smallest absolute Gasteiger partial charge is 0.410 e. The Morgan fingerprint density at radius 1 is 1.30 bits per heavy atom. The summed E-state index contributed by atoms with van der Waals surface area (Å²) in [6.07, 6.45) is 5.93. The summed E-state index contributed by atoms with van der Waals surface area (Å²) in [6, 6.07) is 0.543. The van der Waals surface area contributed by atoms with Crippen molar-refractivity contribution in [1.29, 1.82) is 0 Å². The molecule has 2 aliphatic rings. The highest BCUT2D eigenvalue weighted by Crippen LogP contribution is 2.34. The van der Waals surface area contributed by atoms with Gasteiger partial charge in [-0.15, -0.1) is 0 Å². The van der Waals surface area contributed by atoms with Crippen LogP contribution >= 0.6 is 0 Å². The summed E-state index contributed by atoms with van der Waals surface area (Å²) < 4.78 is 5.46. The molecule has 20 heavy (non-hydrogen) atoms. The normalized spacial score (nSPS) is 25.1. The van der Waals surface area contributed by atoms with Crippen LogP contribution in [0.1, 0.15) is 27.2 Å². The highest BCUT2D eigenvalue weighted by molar-refractivity contribution is 5.70. The number of fused-ring (bicyclic) bond motifs is 2. The van der Waals surface area contributed by atoms with E-state index in [0.29, 0.717) is 12.6 Å². The highest BCUT2D eigenvalue weighted by atomic mass is 16.6. The van der Waals surface area contributed by atoms with Gasteiger partial charge in [-0.25, -0.2) is 9.78 Å². The van der Waals surface area contributed by atoms with Crippen molar-refractivity contribution in [2.75, 3.05) is 18.0 Å². The molecule has 0 aliphatic carbocycles. The van der Waals surface area contributed by atoms with E-state index >= 15 is 0 Å². The first-order valence-corrected chi connectivity index (χ1v) is 6.96. The number of hydrogen-bond acceptors (Lipinski definition) is 5. The van der Waals surface area contributed by atoms with Gasteiger partial charge in [0.25, 0.3) is 0 Å². The van der Waals surface area contributed by atoms with E-state index in [0.717, 1.165) is 18.8 Å². The summed E-state index contributed by atoms with van der Waals surface area (Å²) in [5.41, 5.74) is -0.441. The summed E-state index contributed by atoms with van der Waals surface area (Å²) in [4.78, 5) is 24.7. The Hall–Kier alpha value is -1.85. The van der Waals surface area contributed by atoms with E-state index in [1.807, 2.05) is 25.7 Å². The molecule has 0 spiro atoms. The van der Waals surface area contributed by atoms with Gasteiger partial charge in [-0.3, -0.25) is 4.98 Å². The van der Waals surface area contributed by atoms with Crippen molar-refractivity contribution in [3.05, 3.63) is 18.6 Å². The van der Waals surface area contributed by atoms with Crippen LogP contribution in [0.4, 0.5) is 10.6 Å². The van der Waals surface area contributed by atoms with Crippen LogP contribution in [0.5, 0.6) is 0 Å². The van der Waals surface area contributed by atoms with Gasteiger partial charge < -0.3 is 14.5 Å². The van der Waals surface area contributed by atoms with Gasteiger partial charge in [-0.2, -0.15) is 0 Å². The molecule has 3 heterocycles. The van der Waals surface area contributed by atoms with Crippen molar-refractivity contribution >= 4 is 11.9 Å². The first-order valence-electron chi connectivity index (χ1n) is 6.96. The Morgan fingerprint density at radius 2 is 2.10 bits per heavy atom. The Bertz CT molecular complexity index is 500. The van der Waals surface area contributed by atoms with Crippen LogP contribution in [0, 0.1) is 0 Å². The second kappa shape index (κ2) is 4.61. The van der Waals surface area contributed by atoms with Crippen molar-refractivity contribution in [2.24, 2.45) is 0 Å². The van der Waals surface area contributed by atoms with E-state index in [1.165, 1.54) is 0 Å². The summed E-state index contributed by atoms with van der Waals surface area (Å²) in [7, 11) is 0. The maximum Gasteiger partial charge on any atom is 0.410 e. The fourth-order valence-electron chi connectivity index (χ4n) is 2.93. The molecule has 6 heteroatoms. The Kier molecular flexibility index (Phi) is 3.03. The zero-order chi connectivity index (χ0) is 14.3. The topological polar surface area (TPSA) is 58.6 Å². The van der Waals surface area contributed by atoms with Gasteiger partial charge in [-0.1, -0.05) is 0 Å². The average molecular weight is 276 g/mol. The highest BCUT2D eigenvalue weighted by Gasteiger charge is 2.46. The molecule has 2 atom stereocenters. The maximum absolute atomic E-state index is 12.2. The summed E-state index contributed by atoms with van der Waals surface area (Å²) in [6.45, 7) is 7.19. The molecule has 1 amide bonds. The van der Waals surface area contributed by atoms with Gasteiger partial charge in [0.05, 0.1) is 18.3 Å². The number of anilines is 1. The predicted molar refractivity (Wildman–Crippen MR) is 74.5 cm³/mol. The summed E-state index contributed by atoms with van der Waals surface area (Å²) in [5, 5.41) is 0. The largest absolute Gasteiger partial charge is 0.444 e. The number of nitrogens with zero attached hydrogens (tertiary/aromatic N) is 4. The Balaban J connectivity index is 1.66. The van der Waals surface area contributed by atoms with Crippen LogP contribution in [-0.4, -0.2) is 51.7 Å². The van der Waals surface area contributed by atoms with E-state index in [9.17, 15) is 4.79 Å². The average Bonchev–Trinajstić information content (AvgIpc) is 2.97. The fourth-order valence-corrected chi connectivity index (χ4v) is 2.93. The molecule has 0 radical (unpaired) electrons. The molecule has 2 aliphatic heterocycles. The first-order chi connectivity index (χ1) is 9.44. The zero-order valence-electron chi connectivity index (χ0n) is 12.1. The van der Waals surface area contributed by atoms with E-state index in [-0.39, 0.29) is 12.1 Å². The van der Waals surface area contributed by atoms with E-state index in [1.54, 1.807) is 18.6 Å². The number of aromatic nitrogens is 2. The Labute approximate surface area is 118 Å². The summed E-state index contributed by atoms with van der Waals surface area (Å²) in [5.74, 6) is 0.892. The van der Waals surface area contributed by atoms with E-state index in [4.69, 9.17) is 4.74 Å². The standard InChI is InChI=1S/C14H20N4O2/c1-14(2,3)20-13(19)18-9-10-6-11(18)8-17(10)12-7-15-4-5-16-12/h4-5,7,10-11H,6,8-9H2,1-3H3/t10?,11-/m1/s1. The third-order valence-corrected chi connectivity index (χ3v) is 3.71. The van der Waals surface area contributed by atoms with Crippen molar-refractivity contribution in [3.63, 3.8) is 0 Å². The van der Waals surface area contributed by atoms with Gasteiger partial charge in [0, 0.05) is 25.5 Å². The fraction of sp³-hybridized carbons (Fsp3) is 0.643. The second-order valence-corrected chi connectivity index (χ2v) is 6.39.